The number of nitrogens with one attached hydrogen (secondary N) is 2. The van der Waals surface area contributed by atoms with Crippen LogP contribution in [0.3, 0.4) is 0 Å². The van der Waals surface area contributed by atoms with Crippen LogP contribution in [0.1, 0.15) is 56.4 Å². The van der Waals surface area contributed by atoms with E-state index in [9.17, 15) is 9.59 Å². The van der Waals surface area contributed by atoms with Gasteiger partial charge in [0.25, 0.3) is 5.91 Å². The quantitative estimate of drug-likeness (QED) is 0.595. The van der Waals surface area contributed by atoms with Crippen molar-refractivity contribution in [1.82, 2.24) is 10.6 Å². The average molecular weight is 412 g/mol. The standard InChI is InChI=1S/C26H25N3O2/c27-26(31)29-14-16-9-11-17(12-10-16)25(30)28-15-18-13-23-19-5-1-3-7-21(19)24(18)22-8-4-2-6-20(22)23/h1-12,18,23-24H,13-15H2,(H,28,30)(H3,27,29,31). The van der Waals surface area contributed by atoms with Crippen molar-refractivity contribution < 1.29 is 9.59 Å². The van der Waals surface area contributed by atoms with Gasteiger partial charge < -0.3 is 16.4 Å². The average Bonchev–Trinajstić information content (AvgIpc) is 2.81. The first-order valence-corrected chi connectivity index (χ1v) is 10.7. The number of carbonyl (C=O) groups is 2. The molecule has 156 valence electrons. The van der Waals surface area contributed by atoms with Crippen LogP contribution in [0.2, 0.25) is 0 Å². The predicted octanol–water partition coefficient (Wildman–Crippen LogP) is 3.88. The molecular weight excluding hydrogens is 386 g/mol. The molecule has 0 spiro atoms. The van der Waals surface area contributed by atoms with Crippen LogP contribution < -0.4 is 16.4 Å². The highest BCUT2D eigenvalue weighted by molar-refractivity contribution is 5.94. The summed E-state index contributed by atoms with van der Waals surface area (Å²) in [5.41, 5.74) is 12.3. The van der Waals surface area contributed by atoms with Crippen molar-refractivity contribution in [3.63, 3.8) is 0 Å². The topological polar surface area (TPSA) is 84.2 Å². The van der Waals surface area contributed by atoms with Crippen molar-refractivity contribution in [2.45, 2.75) is 24.8 Å². The van der Waals surface area contributed by atoms with E-state index in [2.05, 4.69) is 59.2 Å². The molecule has 0 heterocycles. The second kappa shape index (κ2) is 7.91. The van der Waals surface area contributed by atoms with Crippen LogP contribution in [0.25, 0.3) is 0 Å². The van der Waals surface area contributed by atoms with Gasteiger partial charge in [0.15, 0.2) is 0 Å². The Balaban J connectivity index is 1.30. The molecule has 5 nitrogen and oxygen atoms in total. The Morgan fingerprint density at radius 3 is 1.97 bits per heavy atom. The van der Waals surface area contributed by atoms with Gasteiger partial charge in [0.1, 0.15) is 0 Å². The summed E-state index contributed by atoms with van der Waals surface area (Å²) in [6.07, 6.45) is 1.05. The highest BCUT2D eigenvalue weighted by Gasteiger charge is 2.42. The largest absolute Gasteiger partial charge is 0.352 e. The van der Waals surface area contributed by atoms with E-state index >= 15 is 0 Å². The first-order chi connectivity index (χ1) is 15.1. The Morgan fingerprint density at radius 1 is 0.806 bits per heavy atom. The van der Waals surface area contributed by atoms with E-state index in [-0.39, 0.29) is 5.91 Å². The molecule has 4 N–H and O–H groups in total. The van der Waals surface area contributed by atoms with Crippen molar-refractivity contribution in [3.8, 4) is 0 Å². The molecule has 3 aliphatic carbocycles. The molecule has 5 heteroatoms. The van der Waals surface area contributed by atoms with Crippen LogP contribution in [-0.4, -0.2) is 18.5 Å². The minimum Gasteiger partial charge on any atom is -0.352 e. The molecule has 31 heavy (non-hydrogen) atoms. The Bertz CT molecular complexity index is 1090. The van der Waals surface area contributed by atoms with Crippen LogP contribution in [0.15, 0.2) is 72.8 Å². The highest BCUT2D eigenvalue weighted by Crippen LogP contribution is 2.55. The number of hydrogen-bond acceptors (Lipinski definition) is 2. The van der Waals surface area contributed by atoms with Gasteiger partial charge >= 0.3 is 6.03 Å². The van der Waals surface area contributed by atoms with E-state index in [1.54, 1.807) is 12.1 Å². The lowest BCUT2D eigenvalue weighted by atomic mass is 9.59. The molecule has 6 rings (SSSR count). The number of amides is 3. The fourth-order valence-corrected chi connectivity index (χ4v) is 5.25. The minimum atomic E-state index is -0.563. The lowest BCUT2D eigenvalue weighted by Crippen LogP contribution is -2.39. The Labute approximate surface area is 181 Å². The molecule has 1 atom stereocenters. The van der Waals surface area contributed by atoms with Crippen molar-refractivity contribution in [3.05, 3.63) is 106 Å². The van der Waals surface area contributed by atoms with Crippen molar-refractivity contribution in [1.29, 1.82) is 0 Å². The number of hydrogen-bond donors (Lipinski definition) is 3. The van der Waals surface area contributed by atoms with Gasteiger partial charge in [-0.05, 0) is 52.3 Å². The SMILES string of the molecule is NC(=O)NCc1ccc(C(=O)NCC2CC3c4ccccc4C2c2ccccc23)cc1. The lowest BCUT2D eigenvalue weighted by Gasteiger charge is -2.45. The first kappa shape index (κ1) is 19.4. The number of fused-ring (bicyclic) bond motifs is 1. The van der Waals surface area contributed by atoms with Gasteiger partial charge in [-0.3, -0.25) is 4.79 Å². The summed E-state index contributed by atoms with van der Waals surface area (Å²) in [6.45, 7) is 0.995. The molecule has 1 unspecified atom stereocenters. The second-order valence-corrected chi connectivity index (χ2v) is 8.41. The molecule has 0 aliphatic heterocycles. The summed E-state index contributed by atoms with van der Waals surface area (Å²) in [4.78, 5) is 23.6. The number of nitrogens with two attached hydrogens (primary N) is 1. The number of primary amides is 1. The number of benzene rings is 3. The van der Waals surface area contributed by atoms with E-state index in [1.165, 1.54) is 22.3 Å². The van der Waals surface area contributed by atoms with E-state index in [4.69, 9.17) is 5.73 Å². The molecule has 3 amide bonds. The van der Waals surface area contributed by atoms with Gasteiger partial charge in [-0.25, -0.2) is 4.79 Å². The van der Waals surface area contributed by atoms with Crippen molar-refractivity contribution >= 4 is 11.9 Å². The zero-order valence-electron chi connectivity index (χ0n) is 17.2. The summed E-state index contributed by atoms with van der Waals surface area (Å²) in [7, 11) is 0. The van der Waals surface area contributed by atoms with Gasteiger partial charge in [-0.15, -0.1) is 0 Å². The molecule has 3 aromatic carbocycles. The third kappa shape index (κ3) is 3.56. The third-order valence-corrected chi connectivity index (χ3v) is 6.63. The minimum absolute atomic E-state index is 0.0718. The van der Waals surface area contributed by atoms with Crippen LogP contribution in [-0.2, 0) is 6.54 Å². The van der Waals surface area contributed by atoms with E-state index in [1.807, 2.05) is 12.1 Å². The zero-order chi connectivity index (χ0) is 21.4. The maximum atomic E-state index is 12.8. The molecule has 0 radical (unpaired) electrons. The second-order valence-electron chi connectivity index (χ2n) is 8.41. The maximum absolute atomic E-state index is 12.8. The molecule has 3 aromatic rings. The van der Waals surface area contributed by atoms with E-state index in [0.717, 1.165) is 12.0 Å². The van der Waals surface area contributed by atoms with Crippen molar-refractivity contribution in [2.24, 2.45) is 11.7 Å². The number of rotatable bonds is 5. The summed E-state index contributed by atoms with van der Waals surface area (Å²) < 4.78 is 0. The summed E-state index contributed by atoms with van der Waals surface area (Å²) in [6, 6.07) is 24.2. The Hall–Kier alpha value is -3.60. The van der Waals surface area contributed by atoms with Crippen LogP contribution in [0.4, 0.5) is 4.79 Å². The summed E-state index contributed by atoms with van der Waals surface area (Å²) in [5.74, 6) is 1.02. The lowest BCUT2D eigenvalue weighted by molar-refractivity contribution is 0.0943. The fraction of sp³-hybridized carbons (Fsp3) is 0.231. The van der Waals surface area contributed by atoms with E-state index < -0.39 is 6.03 Å². The van der Waals surface area contributed by atoms with Crippen LogP contribution in [0.5, 0.6) is 0 Å². The summed E-state index contributed by atoms with van der Waals surface area (Å²) >= 11 is 0. The first-order valence-electron chi connectivity index (χ1n) is 10.7. The van der Waals surface area contributed by atoms with E-state index in [0.29, 0.717) is 36.4 Å². The Morgan fingerprint density at radius 2 is 1.39 bits per heavy atom. The molecule has 2 bridgehead atoms. The number of urea groups is 1. The monoisotopic (exact) mass is 411 g/mol. The summed E-state index contributed by atoms with van der Waals surface area (Å²) in [5, 5.41) is 5.70. The van der Waals surface area contributed by atoms with Crippen molar-refractivity contribution in [2.75, 3.05) is 6.54 Å². The van der Waals surface area contributed by atoms with Gasteiger partial charge in [0, 0.05) is 30.5 Å². The molecule has 0 saturated carbocycles. The normalized spacial score (nSPS) is 20.5. The molecular formula is C26H25N3O2. The molecule has 0 aromatic heterocycles. The fourth-order valence-electron chi connectivity index (χ4n) is 5.25. The smallest absolute Gasteiger partial charge is 0.312 e. The molecule has 3 aliphatic rings. The van der Waals surface area contributed by atoms with Gasteiger partial charge in [0.2, 0.25) is 0 Å². The number of carbonyl (C=O) groups excluding carboxylic acids is 2. The molecule has 0 saturated heterocycles. The molecule has 0 fully saturated rings. The maximum Gasteiger partial charge on any atom is 0.312 e. The predicted molar refractivity (Wildman–Crippen MR) is 120 cm³/mol. The Kier molecular flexibility index (Phi) is 4.94. The van der Waals surface area contributed by atoms with Crippen LogP contribution in [0, 0.1) is 5.92 Å². The van der Waals surface area contributed by atoms with Crippen LogP contribution >= 0.6 is 0 Å². The van der Waals surface area contributed by atoms with Gasteiger partial charge in [-0.1, -0.05) is 60.7 Å². The van der Waals surface area contributed by atoms with Gasteiger partial charge in [-0.2, -0.15) is 0 Å². The zero-order valence-corrected chi connectivity index (χ0v) is 17.2. The van der Waals surface area contributed by atoms with Gasteiger partial charge in [0.05, 0.1) is 0 Å². The third-order valence-electron chi connectivity index (χ3n) is 6.63. The highest BCUT2D eigenvalue weighted by atomic mass is 16.2.